The van der Waals surface area contributed by atoms with Crippen molar-refractivity contribution in [3.63, 3.8) is 0 Å². The smallest absolute Gasteiger partial charge is 0.252 e. The van der Waals surface area contributed by atoms with E-state index in [1.165, 1.54) is 74.8 Å². The zero-order valence-electron chi connectivity index (χ0n) is 36.2. The van der Waals surface area contributed by atoms with Crippen LogP contribution in [0.3, 0.4) is 0 Å². The molecule has 0 N–H and O–H groups in total. The second-order valence-electron chi connectivity index (χ2n) is 17.3. The van der Waals surface area contributed by atoms with Crippen LogP contribution in [0.4, 0.5) is 68.2 Å². The number of para-hydroxylation sites is 6. The maximum atomic E-state index is 2.55. The van der Waals surface area contributed by atoms with Crippen molar-refractivity contribution < 1.29 is 0 Å². The SMILES string of the molecule is c1ccc(N(c2ccccc2)c2cc3c4c(c2)N(c2ccccc2)c2cc5sc6ccccc6c5cc2B4c2cc4c(cc2N3c2ccccc2)N(c2ccccc2)c2ccccc2S4)cc1. The number of benzene rings is 10. The summed E-state index contributed by atoms with van der Waals surface area (Å²) >= 11 is 3.76. The van der Waals surface area contributed by atoms with E-state index >= 15 is 0 Å². The van der Waals surface area contributed by atoms with Gasteiger partial charge in [-0.15, -0.1) is 11.3 Å². The number of thiophene rings is 1. The van der Waals surface area contributed by atoms with Crippen molar-refractivity contribution >= 4 is 135 Å². The van der Waals surface area contributed by atoms with Gasteiger partial charge < -0.3 is 19.6 Å². The van der Waals surface area contributed by atoms with Gasteiger partial charge in [0, 0.05) is 75.8 Å². The van der Waals surface area contributed by atoms with Gasteiger partial charge in [0.05, 0.1) is 17.1 Å². The normalized spacial score (nSPS) is 13.2. The Morgan fingerprint density at radius 2 is 0.821 bits per heavy atom. The first-order valence-electron chi connectivity index (χ1n) is 22.8. The van der Waals surface area contributed by atoms with E-state index in [9.17, 15) is 0 Å². The predicted molar refractivity (Wildman–Crippen MR) is 287 cm³/mol. The van der Waals surface area contributed by atoms with Crippen molar-refractivity contribution in [3.05, 3.63) is 237 Å². The van der Waals surface area contributed by atoms with Gasteiger partial charge in [0.15, 0.2) is 0 Å². The van der Waals surface area contributed by atoms with Gasteiger partial charge in [-0.05, 0) is 131 Å². The average Bonchev–Trinajstić information content (AvgIpc) is 3.75. The van der Waals surface area contributed by atoms with Crippen molar-refractivity contribution in [2.45, 2.75) is 9.79 Å². The summed E-state index contributed by atoms with van der Waals surface area (Å²) in [6.45, 7) is -0.0813. The van der Waals surface area contributed by atoms with E-state index in [1.54, 1.807) is 0 Å². The molecule has 0 radical (unpaired) electrons. The van der Waals surface area contributed by atoms with Gasteiger partial charge in [0.2, 0.25) is 0 Å². The molecule has 3 aliphatic rings. The van der Waals surface area contributed by atoms with Crippen LogP contribution in [0.1, 0.15) is 0 Å². The van der Waals surface area contributed by atoms with Crippen LogP contribution >= 0.6 is 23.1 Å². The molecule has 314 valence electrons. The predicted octanol–water partition coefficient (Wildman–Crippen LogP) is 15.5. The minimum Gasteiger partial charge on any atom is -0.311 e. The summed E-state index contributed by atoms with van der Waals surface area (Å²) < 4.78 is 2.59. The van der Waals surface area contributed by atoms with E-state index in [0.717, 1.165) is 39.8 Å². The zero-order chi connectivity index (χ0) is 44.0. The maximum Gasteiger partial charge on any atom is 0.252 e. The molecule has 0 saturated heterocycles. The highest BCUT2D eigenvalue weighted by Gasteiger charge is 2.45. The van der Waals surface area contributed by atoms with Gasteiger partial charge in [0.25, 0.3) is 6.71 Å². The Morgan fingerprint density at radius 3 is 1.43 bits per heavy atom. The van der Waals surface area contributed by atoms with Gasteiger partial charge in [-0.1, -0.05) is 139 Å². The van der Waals surface area contributed by atoms with Crippen LogP contribution in [0, 0.1) is 0 Å². The highest BCUT2D eigenvalue weighted by molar-refractivity contribution is 7.99. The summed E-state index contributed by atoms with van der Waals surface area (Å²) in [5, 5.41) is 2.61. The van der Waals surface area contributed by atoms with E-state index < -0.39 is 0 Å². The molecule has 11 aromatic rings. The molecule has 1 aromatic heterocycles. The molecule has 3 aliphatic heterocycles. The van der Waals surface area contributed by atoms with Gasteiger partial charge in [-0.2, -0.15) is 0 Å². The second-order valence-corrected chi connectivity index (χ2v) is 19.5. The van der Waals surface area contributed by atoms with Crippen LogP contribution in [0.5, 0.6) is 0 Å². The summed E-state index contributed by atoms with van der Waals surface area (Å²) in [7, 11) is 0. The lowest BCUT2D eigenvalue weighted by atomic mass is 9.33. The number of hydrogen-bond acceptors (Lipinski definition) is 6. The summed E-state index contributed by atoms with van der Waals surface area (Å²) in [4.78, 5) is 12.4. The van der Waals surface area contributed by atoms with E-state index in [2.05, 4.69) is 256 Å². The topological polar surface area (TPSA) is 13.0 Å². The molecule has 0 unspecified atom stereocenters. The number of fused-ring (bicyclic) bond motifs is 9. The minimum atomic E-state index is -0.0813. The summed E-state index contributed by atoms with van der Waals surface area (Å²) in [5.41, 5.74) is 17.6. The summed E-state index contributed by atoms with van der Waals surface area (Å²) in [5.74, 6) is 0. The molecule has 4 heterocycles. The van der Waals surface area contributed by atoms with Crippen molar-refractivity contribution in [2.75, 3.05) is 19.6 Å². The Kier molecular flexibility index (Phi) is 8.76. The standard InChI is InChI=1S/C60H39BN4S2/c1-6-20-40(21-7-1)62(41-22-8-2-9-23-41)45-34-54-60-55(35-45)65(44-28-14-5-15-29-44)52-39-58-47(46-30-16-18-32-56(46)66-58)36-48(52)61(60)49-37-59-53(38-51(49)64(54)43-26-12-4-13-27-43)63(42-24-10-3-11-25-42)50-31-17-19-33-57(50)67-59/h1-39H. The number of nitrogens with zero attached hydrogens (tertiary/aromatic N) is 4. The molecule has 7 heteroatoms. The zero-order valence-corrected chi connectivity index (χ0v) is 37.8. The molecule has 67 heavy (non-hydrogen) atoms. The molecule has 0 saturated carbocycles. The van der Waals surface area contributed by atoms with Gasteiger partial charge in [0.1, 0.15) is 0 Å². The lowest BCUT2D eigenvalue weighted by molar-refractivity contribution is 1.16. The highest BCUT2D eigenvalue weighted by atomic mass is 32.2. The van der Waals surface area contributed by atoms with E-state index in [1.807, 2.05) is 23.1 Å². The highest BCUT2D eigenvalue weighted by Crippen LogP contribution is 2.55. The largest absolute Gasteiger partial charge is 0.311 e. The average molecular weight is 891 g/mol. The van der Waals surface area contributed by atoms with Crippen molar-refractivity contribution in [1.29, 1.82) is 0 Å². The molecular formula is C60H39BN4S2. The second kappa shape index (κ2) is 15.3. The Labute approximate surface area is 398 Å². The fourth-order valence-corrected chi connectivity index (χ4v) is 13.0. The van der Waals surface area contributed by atoms with Crippen LogP contribution < -0.4 is 36.0 Å². The molecule has 0 aliphatic carbocycles. The van der Waals surface area contributed by atoms with Crippen molar-refractivity contribution in [3.8, 4) is 0 Å². The van der Waals surface area contributed by atoms with Crippen molar-refractivity contribution in [2.24, 2.45) is 0 Å². The maximum absolute atomic E-state index is 2.55. The first kappa shape index (κ1) is 38.3. The number of hydrogen-bond donors (Lipinski definition) is 0. The molecule has 0 bridgehead atoms. The monoisotopic (exact) mass is 890 g/mol. The Balaban J connectivity index is 1.13. The molecule has 0 atom stereocenters. The fourth-order valence-electron chi connectivity index (χ4n) is 10.7. The third-order valence-electron chi connectivity index (χ3n) is 13.5. The van der Waals surface area contributed by atoms with Crippen LogP contribution in [-0.4, -0.2) is 6.71 Å². The molecule has 4 nitrogen and oxygen atoms in total. The Hall–Kier alpha value is -7.97. The van der Waals surface area contributed by atoms with E-state index in [-0.39, 0.29) is 6.71 Å². The molecule has 14 rings (SSSR count). The minimum absolute atomic E-state index is 0.0813. The van der Waals surface area contributed by atoms with Crippen molar-refractivity contribution in [1.82, 2.24) is 0 Å². The quantitative estimate of drug-likeness (QED) is 0.154. The molecule has 0 amide bonds. The first-order chi connectivity index (χ1) is 33.2. The van der Waals surface area contributed by atoms with Crippen LogP contribution in [0.2, 0.25) is 0 Å². The molecule has 0 fully saturated rings. The summed E-state index contributed by atoms with van der Waals surface area (Å²) in [6.07, 6.45) is 0. The Morgan fingerprint density at radius 1 is 0.328 bits per heavy atom. The summed E-state index contributed by atoms with van der Waals surface area (Å²) in [6, 6.07) is 87.1. The number of rotatable bonds is 6. The third-order valence-corrected chi connectivity index (χ3v) is 15.8. The van der Waals surface area contributed by atoms with Gasteiger partial charge in [-0.3, -0.25) is 0 Å². The lowest BCUT2D eigenvalue weighted by Crippen LogP contribution is -2.61. The third kappa shape index (κ3) is 6.02. The molecular weight excluding hydrogens is 852 g/mol. The van der Waals surface area contributed by atoms with E-state index in [4.69, 9.17) is 0 Å². The van der Waals surface area contributed by atoms with Gasteiger partial charge in [-0.25, -0.2) is 0 Å². The van der Waals surface area contributed by atoms with Gasteiger partial charge >= 0.3 is 0 Å². The van der Waals surface area contributed by atoms with Crippen LogP contribution in [-0.2, 0) is 0 Å². The fraction of sp³-hybridized carbons (Fsp3) is 0. The molecule has 10 aromatic carbocycles. The van der Waals surface area contributed by atoms with E-state index in [0.29, 0.717) is 0 Å². The van der Waals surface area contributed by atoms with Crippen LogP contribution in [0.15, 0.2) is 246 Å². The first-order valence-corrected chi connectivity index (χ1v) is 24.4. The molecule has 0 spiro atoms. The number of anilines is 12. The lowest BCUT2D eigenvalue weighted by Gasteiger charge is -2.46. The Bertz CT molecular complexity index is 3660. The van der Waals surface area contributed by atoms with Crippen LogP contribution in [0.25, 0.3) is 20.2 Å².